The number of carbonyl (C=O) groups excluding carboxylic acids is 1. The lowest BCUT2D eigenvalue weighted by atomic mass is 10.0. The number of carbonyl (C=O) groups is 1. The Bertz CT molecular complexity index is 388. The van der Waals surface area contributed by atoms with Gasteiger partial charge in [-0.25, -0.2) is 0 Å². The van der Waals surface area contributed by atoms with Crippen LogP contribution < -0.4 is 11.5 Å². The first-order valence-corrected chi connectivity index (χ1v) is 5.15. The molecule has 0 radical (unpaired) electrons. The van der Waals surface area contributed by atoms with Gasteiger partial charge in [0, 0.05) is 10.2 Å². The van der Waals surface area contributed by atoms with Crippen LogP contribution in [0.15, 0.2) is 10.5 Å². The lowest BCUT2D eigenvalue weighted by molar-refractivity contribution is 0.100. The fraction of sp³-hybridized carbons (Fsp3) is 0.300. The van der Waals surface area contributed by atoms with E-state index in [0.29, 0.717) is 11.3 Å². The minimum atomic E-state index is -0.492. The molecule has 0 aliphatic carbocycles. The van der Waals surface area contributed by atoms with E-state index in [-0.39, 0.29) is 0 Å². The van der Waals surface area contributed by atoms with Gasteiger partial charge in [-0.3, -0.25) is 4.79 Å². The number of hydrogen-bond acceptors (Lipinski definition) is 2. The van der Waals surface area contributed by atoms with E-state index in [2.05, 4.69) is 15.9 Å². The molecule has 0 heterocycles. The fourth-order valence-corrected chi connectivity index (χ4v) is 2.28. The maximum atomic E-state index is 11.0. The molecule has 0 unspecified atom stereocenters. The van der Waals surface area contributed by atoms with Gasteiger partial charge in [-0.1, -0.05) is 22.9 Å². The van der Waals surface area contributed by atoms with E-state index < -0.39 is 5.91 Å². The number of primary amides is 1. The summed E-state index contributed by atoms with van der Waals surface area (Å²) in [5.74, 6) is -0.492. The van der Waals surface area contributed by atoms with Gasteiger partial charge in [0.15, 0.2) is 0 Å². The number of amides is 1. The summed E-state index contributed by atoms with van der Waals surface area (Å²) in [7, 11) is 0. The Hall–Kier alpha value is -1.03. The van der Waals surface area contributed by atoms with Crippen molar-refractivity contribution in [2.24, 2.45) is 5.73 Å². The smallest absolute Gasteiger partial charge is 0.250 e. The SMILES string of the molecule is CCc1c(Br)cc(C(N)=O)c(N)c1C. The zero-order chi connectivity index (χ0) is 10.9. The van der Waals surface area contributed by atoms with Crippen LogP contribution in [0.2, 0.25) is 0 Å². The molecule has 0 atom stereocenters. The fourth-order valence-electron chi connectivity index (χ4n) is 1.47. The summed E-state index contributed by atoms with van der Waals surface area (Å²) in [6, 6.07) is 1.68. The van der Waals surface area contributed by atoms with Crippen molar-refractivity contribution in [1.82, 2.24) is 0 Å². The molecular formula is C10H13BrN2O. The minimum absolute atomic E-state index is 0.381. The molecule has 0 fully saturated rings. The summed E-state index contributed by atoms with van der Waals surface area (Å²) in [5, 5.41) is 0. The largest absolute Gasteiger partial charge is 0.398 e. The molecule has 0 aromatic heterocycles. The van der Waals surface area contributed by atoms with Gasteiger partial charge in [0.05, 0.1) is 5.56 Å². The van der Waals surface area contributed by atoms with Crippen LogP contribution in [-0.2, 0) is 6.42 Å². The highest BCUT2D eigenvalue weighted by atomic mass is 79.9. The third-order valence-corrected chi connectivity index (χ3v) is 3.03. The lowest BCUT2D eigenvalue weighted by Crippen LogP contribution is -2.15. The topological polar surface area (TPSA) is 69.1 Å². The monoisotopic (exact) mass is 256 g/mol. The van der Waals surface area contributed by atoms with E-state index >= 15 is 0 Å². The maximum absolute atomic E-state index is 11.0. The summed E-state index contributed by atoms with van der Waals surface area (Å²) in [4.78, 5) is 11.0. The number of nitrogen functional groups attached to an aromatic ring is 1. The predicted molar refractivity (Wildman–Crippen MR) is 61.2 cm³/mol. The number of rotatable bonds is 2. The van der Waals surface area contributed by atoms with E-state index in [9.17, 15) is 4.79 Å². The number of hydrogen-bond donors (Lipinski definition) is 2. The lowest BCUT2D eigenvalue weighted by Gasteiger charge is -2.12. The highest BCUT2D eigenvalue weighted by molar-refractivity contribution is 9.10. The predicted octanol–water partition coefficient (Wildman–Crippen LogP) is 2.00. The average Bonchev–Trinajstić information content (AvgIpc) is 2.12. The number of nitrogens with two attached hydrogens (primary N) is 2. The van der Waals surface area contributed by atoms with Crippen LogP contribution in [-0.4, -0.2) is 5.91 Å². The molecule has 0 aliphatic heterocycles. The Kier molecular flexibility index (Phi) is 3.16. The van der Waals surface area contributed by atoms with Crippen LogP contribution >= 0.6 is 15.9 Å². The minimum Gasteiger partial charge on any atom is -0.398 e. The van der Waals surface area contributed by atoms with Gasteiger partial charge in [-0.15, -0.1) is 0 Å². The average molecular weight is 257 g/mol. The van der Waals surface area contributed by atoms with Crippen LogP contribution in [0.3, 0.4) is 0 Å². The molecular weight excluding hydrogens is 244 g/mol. The van der Waals surface area contributed by atoms with Crippen molar-refractivity contribution in [3.63, 3.8) is 0 Å². The summed E-state index contributed by atoms with van der Waals surface area (Å²) < 4.78 is 0.889. The quantitative estimate of drug-likeness (QED) is 0.795. The van der Waals surface area contributed by atoms with Crippen LogP contribution in [0.1, 0.15) is 28.4 Å². The van der Waals surface area contributed by atoms with Gasteiger partial charge in [-0.05, 0) is 30.5 Å². The first kappa shape index (κ1) is 11.0. The first-order valence-electron chi connectivity index (χ1n) is 4.36. The molecule has 1 amide bonds. The van der Waals surface area contributed by atoms with Crippen molar-refractivity contribution < 1.29 is 4.79 Å². The van der Waals surface area contributed by atoms with Gasteiger partial charge >= 0.3 is 0 Å². The number of benzene rings is 1. The second-order valence-corrected chi connectivity index (χ2v) is 4.00. The molecule has 1 rings (SSSR count). The number of halogens is 1. The molecule has 1 aromatic rings. The van der Waals surface area contributed by atoms with Gasteiger partial charge in [0.2, 0.25) is 0 Å². The highest BCUT2D eigenvalue weighted by Gasteiger charge is 2.13. The van der Waals surface area contributed by atoms with Crippen LogP contribution in [0.4, 0.5) is 5.69 Å². The summed E-state index contributed by atoms with van der Waals surface area (Å²) in [6.45, 7) is 3.93. The van der Waals surface area contributed by atoms with Crippen molar-refractivity contribution in [1.29, 1.82) is 0 Å². The Morgan fingerprint density at radius 1 is 1.57 bits per heavy atom. The maximum Gasteiger partial charge on any atom is 0.250 e. The first-order chi connectivity index (χ1) is 6.49. The van der Waals surface area contributed by atoms with Crippen molar-refractivity contribution in [3.05, 3.63) is 27.2 Å². The molecule has 0 saturated carbocycles. The molecule has 4 heteroatoms. The van der Waals surface area contributed by atoms with E-state index in [4.69, 9.17) is 11.5 Å². The van der Waals surface area contributed by atoms with Gasteiger partial charge in [0.25, 0.3) is 5.91 Å². The Morgan fingerprint density at radius 3 is 2.57 bits per heavy atom. The standard InChI is InChI=1S/C10H13BrN2O/c1-3-6-5(2)9(12)7(10(13)14)4-8(6)11/h4H,3,12H2,1-2H3,(H2,13,14). The third kappa shape index (κ3) is 1.75. The van der Waals surface area contributed by atoms with Crippen LogP contribution in [0.25, 0.3) is 0 Å². The third-order valence-electron chi connectivity index (χ3n) is 2.33. The van der Waals surface area contributed by atoms with Crippen molar-refractivity contribution >= 4 is 27.5 Å². The molecule has 0 saturated heterocycles. The zero-order valence-corrected chi connectivity index (χ0v) is 9.81. The van der Waals surface area contributed by atoms with Crippen LogP contribution in [0.5, 0.6) is 0 Å². The molecule has 3 nitrogen and oxygen atoms in total. The van der Waals surface area contributed by atoms with E-state index in [0.717, 1.165) is 22.0 Å². The van der Waals surface area contributed by atoms with Gasteiger partial charge < -0.3 is 11.5 Å². The Morgan fingerprint density at radius 2 is 2.14 bits per heavy atom. The van der Waals surface area contributed by atoms with E-state index in [1.807, 2.05) is 13.8 Å². The molecule has 4 N–H and O–H groups in total. The highest BCUT2D eigenvalue weighted by Crippen LogP contribution is 2.28. The zero-order valence-electron chi connectivity index (χ0n) is 8.23. The molecule has 76 valence electrons. The van der Waals surface area contributed by atoms with Gasteiger partial charge in [0.1, 0.15) is 0 Å². The Balaban J connectivity index is 3.47. The van der Waals surface area contributed by atoms with E-state index in [1.165, 1.54) is 0 Å². The number of anilines is 1. The van der Waals surface area contributed by atoms with Crippen molar-refractivity contribution in [3.8, 4) is 0 Å². The van der Waals surface area contributed by atoms with Crippen molar-refractivity contribution in [2.75, 3.05) is 5.73 Å². The van der Waals surface area contributed by atoms with Gasteiger partial charge in [-0.2, -0.15) is 0 Å². The van der Waals surface area contributed by atoms with E-state index in [1.54, 1.807) is 6.07 Å². The molecule has 0 spiro atoms. The molecule has 1 aromatic carbocycles. The van der Waals surface area contributed by atoms with Crippen molar-refractivity contribution in [2.45, 2.75) is 20.3 Å². The summed E-state index contributed by atoms with van der Waals surface area (Å²) in [6.07, 6.45) is 0.871. The normalized spacial score (nSPS) is 10.2. The molecule has 14 heavy (non-hydrogen) atoms. The summed E-state index contributed by atoms with van der Waals surface area (Å²) in [5.41, 5.74) is 13.9. The Labute approximate surface area is 91.6 Å². The second-order valence-electron chi connectivity index (χ2n) is 3.14. The summed E-state index contributed by atoms with van der Waals surface area (Å²) >= 11 is 3.40. The molecule has 0 bridgehead atoms. The second kappa shape index (κ2) is 4.00. The molecule has 0 aliphatic rings. The van der Waals surface area contributed by atoms with Crippen LogP contribution in [0, 0.1) is 6.92 Å².